The Morgan fingerprint density at radius 2 is 2.00 bits per heavy atom. The Balaban J connectivity index is 0.00000169. The standard InChI is InChI=1S/C7H6BrFO3S.Na/c8-6-3-1-2-5(7(6)9)4-13(10,11)12;/h1-3H,4H2,(H,10,11,12);/q;+1/p-1. The van der Waals surface area contributed by atoms with Crippen molar-refractivity contribution in [2.45, 2.75) is 5.75 Å². The zero-order valence-electron chi connectivity index (χ0n) is 7.33. The molecule has 0 aromatic heterocycles. The summed E-state index contributed by atoms with van der Waals surface area (Å²) >= 11 is 2.88. The van der Waals surface area contributed by atoms with Crippen molar-refractivity contribution < 1.29 is 46.9 Å². The Labute approximate surface area is 112 Å². The van der Waals surface area contributed by atoms with Crippen LogP contribution in [0, 0.1) is 5.82 Å². The van der Waals surface area contributed by atoms with E-state index in [1.807, 2.05) is 0 Å². The maximum absolute atomic E-state index is 13.1. The molecule has 7 heteroatoms. The summed E-state index contributed by atoms with van der Waals surface area (Å²) in [5.41, 5.74) is -0.121. The Morgan fingerprint density at radius 3 is 2.50 bits per heavy atom. The molecule has 0 heterocycles. The van der Waals surface area contributed by atoms with Gasteiger partial charge in [-0.1, -0.05) is 12.1 Å². The van der Waals surface area contributed by atoms with E-state index in [1.165, 1.54) is 18.2 Å². The number of hydrogen-bond acceptors (Lipinski definition) is 3. The van der Waals surface area contributed by atoms with Crippen LogP contribution in [-0.2, 0) is 15.9 Å². The summed E-state index contributed by atoms with van der Waals surface area (Å²) in [4.78, 5) is 0. The summed E-state index contributed by atoms with van der Waals surface area (Å²) in [5.74, 6) is -1.53. The Morgan fingerprint density at radius 1 is 1.43 bits per heavy atom. The van der Waals surface area contributed by atoms with Crippen LogP contribution in [0.4, 0.5) is 4.39 Å². The topological polar surface area (TPSA) is 57.2 Å². The largest absolute Gasteiger partial charge is 1.00 e. The fourth-order valence-corrected chi connectivity index (χ4v) is 1.86. The van der Waals surface area contributed by atoms with E-state index < -0.39 is 21.7 Å². The van der Waals surface area contributed by atoms with Gasteiger partial charge in [-0.2, -0.15) is 0 Å². The van der Waals surface area contributed by atoms with Gasteiger partial charge in [0.05, 0.1) is 20.3 Å². The summed E-state index contributed by atoms with van der Waals surface area (Å²) in [5, 5.41) is 0. The quantitative estimate of drug-likeness (QED) is 0.499. The first kappa shape index (κ1) is 14.5. The molecule has 0 fully saturated rings. The van der Waals surface area contributed by atoms with Crippen molar-refractivity contribution in [3.8, 4) is 0 Å². The van der Waals surface area contributed by atoms with Crippen LogP contribution in [0.3, 0.4) is 0 Å². The number of benzene rings is 1. The first-order valence-electron chi connectivity index (χ1n) is 3.26. The van der Waals surface area contributed by atoms with Gasteiger partial charge >= 0.3 is 29.6 Å². The van der Waals surface area contributed by atoms with E-state index in [0.717, 1.165) is 0 Å². The molecule has 3 nitrogen and oxygen atoms in total. The summed E-state index contributed by atoms with van der Waals surface area (Å²) in [6.07, 6.45) is 0. The monoisotopic (exact) mass is 290 g/mol. The van der Waals surface area contributed by atoms with Crippen molar-refractivity contribution in [3.63, 3.8) is 0 Å². The maximum atomic E-state index is 13.1. The molecular formula is C7H5BrFNaO3S. The first-order chi connectivity index (χ1) is 5.90. The molecule has 0 atom stereocenters. The molecule has 72 valence electrons. The third-order valence-electron chi connectivity index (χ3n) is 1.36. The normalized spacial score (nSPS) is 10.8. The van der Waals surface area contributed by atoms with Gasteiger partial charge in [-0.25, -0.2) is 12.8 Å². The van der Waals surface area contributed by atoms with Crippen molar-refractivity contribution >= 4 is 26.0 Å². The average molecular weight is 291 g/mol. The summed E-state index contributed by atoms with van der Waals surface area (Å²) in [6, 6.07) is 4.15. The zero-order chi connectivity index (χ0) is 10.1. The van der Waals surface area contributed by atoms with Crippen LogP contribution in [-0.4, -0.2) is 13.0 Å². The van der Waals surface area contributed by atoms with Crippen LogP contribution in [0.5, 0.6) is 0 Å². The third-order valence-corrected chi connectivity index (χ3v) is 2.64. The summed E-state index contributed by atoms with van der Waals surface area (Å²) in [7, 11) is -4.43. The van der Waals surface area contributed by atoms with E-state index in [1.54, 1.807) is 0 Å². The molecule has 0 aliphatic heterocycles. The fourth-order valence-electron chi connectivity index (χ4n) is 0.850. The smallest absolute Gasteiger partial charge is 0.748 e. The second-order valence-electron chi connectivity index (χ2n) is 2.41. The van der Waals surface area contributed by atoms with Crippen molar-refractivity contribution in [2.75, 3.05) is 0 Å². The number of hydrogen-bond donors (Lipinski definition) is 0. The minimum atomic E-state index is -4.43. The van der Waals surface area contributed by atoms with Gasteiger partial charge in [0.2, 0.25) is 0 Å². The van der Waals surface area contributed by atoms with Crippen LogP contribution in [0.1, 0.15) is 5.56 Å². The second-order valence-corrected chi connectivity index (χ2v) is 4.67. The van der Waals surface area contributed by atoms with Gasteiger partial charge in [0.15, 0.2) is 0 Å². The average Bonchev–Trinajstić information content (AvgIpc) is 1.96. The molecule has 1 aromatic carbocycles. The van der Waals surface area contributed by atoms with Gasteiger partial charge < -0.3 is 4.55 Å². The molecule has 0 saturated heterocycles. The Bertz CT molecular complexity index is 421. The molecule has 0 radical (unpaired) electrons. The second kappa shape index (κ2) is 5.58. The SMILES string of the molecule is O=S(=O)([O-])Cc1cccc(Br)c1F.[Na+]. The van der Waals surface area contributed by atoms with E-state index in [4.69, 9.17) is 0 Å². The Hall–Kier alpha value is 0.540. The molecule has 14 heavy (non-hydrogen) atoms. The van der Waals surface area contributed by atoms with Crippen molar-refractivity contribution in [3.05, 3.63) is 34.1 Å². The molecule has 1 aromatic rings. The minimum absolute atomic E-state index is 0. The van der Waals surface area contributed by atoms with Gasteiger partial charge in [-0.05, 0) is 22.0 Å². The van der Waals surface area contributed by atoms with Crippen LogP contribution >= 0.6 is 15.9 Å². The van der Waals surface area contributed by atoms with Gasteiger partial charge in [0.25, 0.3) is 0 Å². The molecule has 0 aliphatic carbocycles. The fraction of sp³-hybridized carbons (Fsp3) is 0.143. The van der Waals surface area contributed by atoms with E-state index in [-0.39, 0.29) is 39.6 Å². The molecule has 0 aliphatic rings. The van der Waals surface area contributed by atoms with Crippen LogP contribution in [0.15, 0.2) is 22.7 Å². The van der Waals surface area contributed by atoms with Crippen molar-refractivity contribution in [1.82, 2.24) is 0 Å². The summed E-state index contributed by atoms with van der Waals surface area (Å²) in [6.45, 7) is 0. The van der Waals surface area contributed by atoms with E-state index in [9.17, 15) is 17.4 Å². The van der Waals surface area contributed by atoms with Crippen LogP contribution < -0.4 is 29.6 Å². The predicted octanol–water partition coefficient (Wildman–Crippen LogP) is -1.36. The van der Waals surface area contributed by atoms with Crippen LogP contribution in [0.2, 0.25) is 0 Å². The van der Waals surface area contributed by atoms with Gasteiger partial charge in [-0.15, -0.1) is 0 Å². The van der Waals surface area contributed by atoms with Gasteiger partial charge in [0.1, 0.15) is 5.82 Å². The first-order valence-corrected chi connectivity index (χ1v) is 5.63. The number of halogens is 2. The van der Waals surface area contributed by atoms with Crippen molar-refractivity contribution in [1.29, 1.82) is 0 Å². The predicted molar refractivity (Wildman–Crippen MR) is 47.5 cm³/mol. The molecule has 1 rings (SSSR count). The minimum Gasteiger partial charge on any atom is -0.748 e. The van der Waals surface area contributed by atoms with E-state index in [2.05, 4.69) is 15.9 Å². The molecule has 0 N–H and O–H groups in total. The van der Waals surface area contributed by atoms with Crippen LogP contribution in [0.25, 0.3) is 0 Å². The van der Waals surface area contributed by atoms with Gasteiger partial charge in [-0.3, -0.25) is 0 Å². The van der Waals surface area contributed by atoms with Crippen molar-refractivity contribution in [2.24, 2.45) is 0 Å². The third kappa shape index (κ3) is 4.37. The molecule has 0 saturated carbocycles. The number of rotatable bonds is 2. The molecule has 0 spiro atoms. The maximum Gasteiger partial charge on any atom is 1.00 e. The van der Waals surface area contributed by atoms with E-state index in [0.29, 0.717) is 0 Å². The summed E-state index contributed by atoms with van der Waals surface area (Å²) < 4.78 is 44.2. The Kier molecular flexibility index (Phi) is 5.79. The molecule has 0 unspecified atom stereocenters. The molecule has 0 amide bonds. The molecular weight excluding hydrogens is 286 g/mol. The van der Waals surface area contributed by atoms with E-state index >= 15 is 0 Å². The zero-order valence-corrected chi connectivity index (χ0v) is 11.7. The molecule has 0 bridgehead atoms. The van der Waals surface area contributed by atoms with Gasteiger partial charge in [0, 0.05) is 5.56 Å².